The van der Waals surface area contributed by atoms with Gasteiger partial charge in [0.05, 0.1) is 28.4 Å². The number of nitrogens with zero attached hydrogens (tertiary/aromatic N) is 2. The maximum atomic E-state index is 13.5. The fraction of sp³-hybridized carbons (Fsp3) is 0.148. The van der Waals surface area contributed by atoms with E-state index in [-0.39, 0.29) is 16.9 Å². The van der Waals surface area contributed by atoms with Crippen LogP contribution in [0.5, 0.6) is 5.75 Å². The number of carbonyl (C=O) groups is 2. The molecule has 1 saturated heterocycles. The van der Waals surface area contributed by atoms with Crippen LogP contribution in [0.1, 0.15) is 29.7 Å². The third kappa shape index (κ3) is 4.06. The van der Waals surface area contributed by atoms with Gasteiger partial charge in [0.1, 0.15) is 17.3 Å². The van der Waals surface area contributed by atoms with Crippen molar-refractivity contribution in [3.63, 3.8) is 0 Å². The molecule has 0 radical (unpaired) electrons. The Morgan fingerprint density at radius 1 is 1.09 bits per heavy atom. The Bertz CT molecular complexity index is 1480. The SMILES string of the molecule is CCOc1ccc2nc(N3C(=O)C(=O)C(=C(O)c4ccc(F)cc4)[C@@H]3c3ccc(C)cc3)sc2c1. The first-order chi connectivity index (χ1) is 16.9. The summed E-state index contributed by atoms with van der Waals surface area (Å²) < 4.78 is 19.8. The molecule has 2 heterocycles. The number of benzene rings is 3. The van der Waals surface area contributed by atoms with Crippen molar-refractivity contribution in [1.29, 1.82) is 0 Å². The summed E-state index contributed by atoms with van der Waals surface area (Å²) in [6.07, 6.45) is 0. The second kappa shape index (κ2) is 8.96. The molecule has 0 aliphatic carbocycles. The highest BCUT2D eigenvalue weighted by Gasteiger charge is 2.48. The van der Waals surface area contributed by atoms with Gasteiger partial charge in [0, 0.05) is 5.56 Å². The van der Waals surface area contributed by atoms with E-state index in [0.29, 0.717) is 28.6 Å². The average Bonchev–Trinajstić information content (AvgIpc) is 3.38. The number of halogens is 1. The Morgan fingerprint density at radius 2 is 1.80 bits per heavy atom. The highest BCUT2D eigenvalue weighted by atomic mass is 32.1. The molecule has 1 atom stereocenters. The van der Waals surface area contributed by atoms with Crippen molar-refractivity contribution in [2.24, 2.45) is 0 Å². The van der Waals surface area contributed by atoms with Crippen molar-refractivity contribution in [1.82, 2.24) is 4.98 Å². The van der Waals surface area contributed by atoms with Crippen molar-refractivity contribution < 1.29 is 23.8 Å². The first-order valence-electron chi connectivity index (χ1n) is 11.0. The van der Waals surface area contributed by atoms with Gasteiger partial charge in [0.25, 0.3) is 5.78 Å². The molecule has 1 aliphatic heterocycles. The lowest BCUT2D eigenvalue weighted by molar-refractivity contribution is -0.132. The molecule has 4 aromatic rings. The zero-order valence-electron chi connectivity index (χ0n) is 19.0. The molecule has 1 amide bonds. The van der Waals surface area contributed by atoms with Crippen molar-refractivity contribution in [3.8, 4) is 5.75 Å². The average molecular weight is 489 g/mol. The summed E-state index contributed by atoms with van der Waals surface area (Å²) in [5, 5.41) is 11.4. The van der Waals surface area contributed by atoms with Gasteiger partial charge in [-0.3, -0.25) is 14.5 Å². The second-order valence-electron chi connectivity index (χ2n) is 8.15. The summed E-state index contributed by atoms with van der Waals surface area (Å²) in [5.74, 6) is -1.77. The smallest absolute Gasteiger partial charge is 0.301 e. The van der Waals surface area contributed by atoms with E-state index in [9.17, 15) is 19.1 Å². The summed E-state index contributed by atoms with van der Waals surface area (Å²) >= 11 is 1.26. The highest BCUT2D eigenvalue weighted by Crippen LogP contribution is 2.44. The van der Waals surface area contributed by atoms with Gasteiger partial charge >= 0.3 is 5.91 Å². The number of fused-ring (bicyclic) bond motifs is 1. The summed E-state index contributed by atoms with van der Waals surface area (Å²) in [4.78, 5) is 32.5. The van der Waals surface area contributed by atoms with E-state index in [4.69, 9.17) is 4.74 Å². The zero-order valence-corrected chi connectivity index (χ0v) is 19.8. The fourth-order valence-corrected chi connectivity index (χ4v) is 5.13. The number of thiazole rings is 1. The lowest BCUT2D eigenvalue weighted by Crippen LogP contribution is -2.29. The van der Waals surface area contributed by atoms with Gasteiger partial charge in [-0.15, -0.1) is 0 Å². The van der Waals surface area contributed by atoms with Gasteiger partial charge in [-0.1, -0.05) is 41.2 Å². The molecule has 1 N–H and O–H groups in total. The molecule has 0 saturated carbocycles. The Balaban J connectivity index is 1.69. The predicted octanol–water partition coefficient (Wildman–Crippen LogP) is 5.77. The first-order valence-corrected chi connectivity index (χ1v) is 11.9. The molecule has 1 aromatic heterocycles. The number of rotatable bonds is 5. The van der Waals surface area contributed by atoms with Crippen LogP contribution in [-0.4, -0.2) is 28.4 Å². The molecule has 5 rings (SSSR count). The molecule has 0 spiro atoms. The molecule has 3 aromatic carbocycles. The molecule has 0 bridgehead atoms. The van der Waals surface area contributed by atoms with Crippen LogP contribution in [0.15, 0.2) is 72.3 Å². The minimum Gasteiger partial charge on any atom is -0.507 e. The van der Waals surface area contributed by atoms with Crippen LogP contribution in [0.3, 0.4) is 0 Å². The Labute approximate surface area is 204 Å². The number of Topliss-reactive ketones (excluding diaryl/α,β-unsaturated/α-hetero) is 1. The molecule has 6 nitrogen and oxygen atoms in total. The van der Waals surface area contributed by atoms with Crippen LogP contribution in [-0.2, 0) is 9.59 Å². The Kier molecular flexibility index (Phi) is 5.82. The summed E-state index contributed by atoms with van der Waals surface area (Å²) in [5.41, 5.74) is 2.49. The lowest BCUT2D eigenvalue weighted by Gasteiger charge is -2.23. The minimum atomic E-state index is -0.896. The topological polar surface area (TPSA) is 79.7 Å². The third-order valence-corrected chi connectivity index (χ3v) is 6.84. The van der Waals surface area contributed by atoms with E-state index in [2.05, 4.69) is 4.98 Å². The molecule has 1 fully saturated rings. The van der Waals surface area contributed by atoms with Crippen LogP contribution >= 0.6 is 11.3 Å². The maximum Gasteiger partial charge on any atom is 0.301 e. The monoisotopic (exact) mass is 488 g/mol. The number of aliphatic hydroxyl groups excluding tert-OH is 1. The van der Waals surface area contributed by atoms with E-state index < -0.39 is 23.5 Å². The summed E-state index contributed by atoms with van der Waals surface area (Å²) in [6.45, 7) is 4.34. The van der Waals surface area contributed by atoms with Crippen LogP contribution in [0.25, 0.3) is 16.0 Å². The highest BCUT2D eigenvalue weighted by molar-refractivity contribution is 7.22. The Morgan fingerprint density at radius 3 is 2.49 bits per heavy atom. The van der Waals surface area contributed by atoms with Gasteiger partial charge in [0.2, 0.25) is 0 Å². The molecule has 8 heteroatoms. The molecule has 176 valence electrons. The van der Waals surface area contributed by atoms with E-state index in [0.717, 1.165) is 10.3 Å². The maximum absolute atomic E-state index is 13.5. The van der Waals surface area contributed by atoms with E-state index in [1.165, 1.54) is 40.5 Å². The third-order valence-electron chi connectivity index (χ3n) is 5.82. The van der Waals surface area contributed by atoms with E-state index in [1.807, 2.05) is 44.2 Å². The number of aliphatic hydroxyl groups is 1. The molecule has 0 unspecified atom stereocenters. The van der Waals surface area contributed by atoms with Crippen LogP contribution in [0.2, 0.25) is 0 Å². The van der Waals surface area contributed by atoms with E-state index >= 15 is 0 Å². The van der Waals surface area contributed by atoms with Gasteiger partial charge in [0.15, 0.2) is 5.13 Å². The summed E-state index contributed by atoms with van der Waals surface area (Å²) in [7, 11) is 0. The fourth-order valence-electron chi connectivity index (χ4n) is 4.11. The zero-order chi connectivity index (χ0) is 24.7. The number of aryl methyl sites for hydroxylation is 1. The number of carbonyl (C=O) groups excluding carboxylic acids is 2. The largest absolute Gasteiger partial charge is 0.507 e. The quantitative estimate of drug-likeness (QED) is 0.219. The van der Waals surface area contributed by atoms with Crippen molar-refractivity contribution in [3.05, 3.63) is 94.8 Å². The van der Waals surface area contributed by atoms with Crippen LogP contribution in [0.4, 0.5) is 9.52 Å². The predicted molar refractivity (Wildman–Crippen MR) is 133 cm³/mol. The Hall–Kier alpha value is -4.04. The number of aromatic nitrogens is 1. The van der Waals surface area contributed by atoms with Gasteiger partial charge in [-0.25, -0.2) is 9.37 Å². The number of hydrogen-bond donors (Lipinski definition) is 1. The number of ketones is 1. The minimum absolute atomic E-state index is 0.0697. The molecular formula is C27H21FN2O4S. The van der Waals surface area contributed by atoms with Gasteiger partial charge in [-0.05, 0) is 61.9 Å². The number of amides is 1. The molecular weight excluding hydrogens is 467 g/mol. The van der Waals surface area contributed by atoms with Gasteiger partial charge in [-0.2, -0.15) is 0 Å². The van der Waals surface area contributed by atoms with E-state index in [1.54, 1.807) is 12.1 Å². The second-order valence-corrected chi connectivity index (χ2v) is 9.15. The first kappa shape index (κ1) is 22.7. The van der Waals surface area contributed by atoms with Crippen molar-refractivity contribution in [2.75, 3.05) is 11.5 Å². The lowest BCUT2D eigenvalue weighted by atomic mass is 9.95. The number of ether oxygens (including phenoxy) is 1. The molecule has 1 aliphatic rings. The normalized spacial score (nSPS) is 17.3. The van der Waals surface area contributed by atoms with Crippen LogP contribution < -0.4 is 9.64 Å². The summed E-state index contributed by atoms with van der Waals surface area (Å²) in [6, 6.07) is 17.1. The number of anilines is 1. The standard InChI is InChI=1S/C27H21FN2O4S/c1-3-34-19-12-13-20-21(14-19)35-27(29-20)30-23(16-6-4-15(2)5-7-16)22(25(32)26(30)33)24(31)17-8-10-18(28)11-9-17/h4-14,23,31H,3H2,1-2H3/t23-/m0/s1. The van der Waals surface area contributed by atoms with Crippen molar-refractivity contribution >= 4 is 44.1 Å². The van der Waals surface area contributed by atoms with Gasteiger partial charge < -0.3 is 9.84 Å². The number of hydrogen-bond acceptors (Lipinski definition) is 6. The molecule has 35 heavy (non-hydrogen) atoms. The van der Waals surface area contributed by atoms with Crippen LogP contribution in [0, 0.1) is 12.7 Å². The van der Waals surface area contributed by atoms with Crippen molar-refractivity contribution in [2.45, 2.75) is 19.9 Å².